The molecule has 0 aliphatic heterocycles. The van der Waals surface area contributed by atoms with E-state index in [4.69, 9.17) is 4.42 Å². The molecule has 3 rings (SSSR count). The number of ether oxygens (including phenoxy) is 1. The number of benzene rings is 1. The molecule has 0 saturated carbocycles. The normalized spacial score (nSPS) is 10.6. The van der Waals surface area contributed by atoms with Crippen LogP contribution in [0.3, 0.4) is 0 Å². The second-order valence-electron chi connectivity index (χ2n) is 5.84. The third-order valence-electron chi connectivity index (χ3n) is 3.83. The Kier molecular flexibility index (Phi) is 6.49. The number of thioether (sulfide) groups is 1. The fourth-order valence-electron chi connectivity index (χ4n) is 2.54. The van der Waals surface area contributed by atoms with Gasteiger partial charge in [0.2, 0.25) is 5.91 Å². The van der Waals surface area contributed by atoms with Crippen LogP contribution in [0.15, 0.2) is 52.2 Å². The van der Waals surface area contributed by atoms with E-state index in [1.54, 1.807) is 36.6 Å². The Hall–Kier alpha value is -3.07. The van der Waals surface area contributed by atoms with Crippen LogP contribution in [-0.2, 0) is 16.1 Å². The molecule has 28 heavy (non-hydrogen) atoms. The SMILES string of the molecule is CCCn1c(SCC(=O)Nc2ccc(C(=O)OC)cc2)nnc1-c1ccco1. The summed E-state index contributed by atoms with van der Waals surface area (Å²) in [7, 11) is 1.32. The Labute approximate surface area is 166 Å². The zero-order valence-corrected chi connectivity index (χ0v) is 16.4. The molecule has 1 aromatic carbocycles. The highest BCUT2D eigenvalue weighted by molar-refractivity contribution is 7.99. The first kappa shape index (κ1) is 19.7. The quantitative estimate of drug-likeness (QED) is 0.456. The minimum Gasteiger partial charge on any atom is -0.465 e. The molecule has 2 aromatic heterocycles. The highest BCUT2D eigenvalue weighted by atomic mass is 32.2. The minimum atomic E-state index is -0.420. The third-order valence-corrected chi connectivity index (χ3v) is 4.79. The van der Waals surface area contributed by atoms with Crippen LogP contribution in [0.5, 0.6) is 0 Å². The van der Waals surface area contributed by atoms with Gasteiger partial charge in [0.1, 0.15) is 0 Å². The summed E-state index contributed by atoms with van der Waals surface area (Å²) in [5.74, 6) is 0.868. The van der Waals surface area contributed by atoms with Gasteiger partial charge in [-0.2, -0.15) is 0 Å². The van der Waals surface area contributed by atoms with Crippen LogP contribution in [-0.4, -0.2) is 39.5 Å². The lowest BCUT2D eigenvalue weighted by molar-refractivity contribution is -0.113. The highest BCUT2D eigenvalue weighted by Gasteiger charge is 2.17. The Bertz CT molecular complexity index is 936. The number of amides is 1. The number of esters is 1. The lowest BCUT2D eigenvalue weighted by Gasteiger charge is -2.08. The molecule has 0 unspecified atom stereocenters. The summed E-state index contributed by atoms with van der Waals surface area (Å²) in [6.45, 7) is 2.78. The van der Waals surface area contributed by atoms with Gasteiger partial charge < -0.3 is 14.5 Å². The van der Waals surface area contributed by atoms with E-state index in [-0.39, 0.29) is 11.7 Å². The average molecular weight is 400 g/mol. The van der Waals surface area contributed by atoms with Crippen LogP contribution in [0, 0.1) is 0 Å². The second-order valence-corrected chi connectivity index (χ2v) is 6.78. The number of rotatable bonds is 8. The molecule has 1 N–H and O–H groups in total. The van der Waals surface area contributed by atoms with E-state index >= 15 is 0 Å². The topological polar surface area (TPSA) is 99.2 Å². The maximum absolute atomic E-state index is 12.3. The molecule has 8 nitrogen and oxygen atoms in total. The van der Waals surface area contributed by atoms with E-state index in [0.717, 1.165) is 13.0 Å². The number of methoxy groups -OCH3 is 1. The maximum Gasteiger partial charge on any atom is 0.337 e. The Morgan fingerprint density at radius 2 is 2.00 bits per heavy atom. The van der Waals surface area contributed by atoms with Crippen molar-refractivity contribution in [3.8, 4) is 11.6 Å². The van der Waals surface area contributed by atoms with E-state index in [1.165, 1.54) is 18.9 Å². The second kappa shape index (κ2) is 9.23. The highest BCUT2D eigenvalue weighted by Crippen LogP contribution is 2.25. The predicted octanol–water partition coefficient (Wildman–Crippen LogP) is 3.47. The molecule has 0 spiro atoms. The standard InChI is InChI=1S/C19H20N4O4S/c1-3-10-23-17(15-5-4-11-27-15)21-22-19(23)28-12-16(24)20-14-8-6-13(7-9-14)18(25)26-2/h4-9,11H,3,10,12H2,1-2H3,(H,20,24). The van der Waals surface area contributed by atoms with Crippen molar-refractivity contribution >= 4 is 29.3 Å². The molecule has 146 valence electrons. The smallest absolute Gasteiger partial charge is 0.337 e. The van der Waals surface area contributed by atoms with Gasteiger partial charge in [0.15, 0.2) is 16.7 Å². The van der Waals surface area contributed by atoms with Crippen molar-refractivity contribution in [2.75, 3.05) is 18.2 Å². The van der Waals surface area contributed by atoms with Crippen molar-refractivity contribution < 1.29 is 18.7 Å². The minimum absolute atomic E-state index is 0.179. The van der Waals surface area contributed by atoms with Crippen LogP contribution in [0.2, 0.25) is 0 Å². The molecule has 0 radical (unpaired) electrons. The molecule has 0 aliphatic rings. The zero-order valence-electron chi connectivity index (χ0n) is 15.5. The van der Waals surface area contributed by atoms with Crippen LogP contribution < -0.4 is 5.32 Å². The summed E-state index contributed by atoms with van der Waals surface area (Å²) >= 11 is 1.31. The molecule has 0 aliphatic carbocycles. The van der Waals surface area contributed by atoms with Crippen molar-refractivity contribution in [3.63, 3.8) is 0 Å². The number of furan rings is 1. The van der Waals surface area contributed by atoms with Crippen molar-refractivity contribution in [1.82, 2.24) is 14.8 Å². The Morgan fingerprint density at radius 1 is 1.21 bits per heavy atom. The molecule has 0 saturated heterocycles. The van der Waals surface area contributed by atoms with Gasteiger partial charge >= 0.3 is 5.97 Å². The largest absolute Gasteiger partial charge is 0.465 e. The van der Waals surface area contributed by atoms with E-state index in [1.807, 2.05) is 10.6 Å². The van der Waals surface area contributed by atoms with Gasteiger partial charge in [0.25, 0.3) is 0 Å². The fraction of sp³-hybridized carbons (Fsp3) is 0.263. The predicted molar refractivity (Wildman–Crippen MR) is 105 cm³/mol. The first-order chi connectivity index (χ1) is 13.6. The summed E-state index contributed by atoms with van der Waals surface area (Å²) in [4.78, 5) is 23.7. The van der Waals surface area contributed by atoms with Crippen LogP contribution >= 0.6 is 11.8 Å². The van der Waals surface area contributed by atoms with Gasteiger partial charge in [-0.1, -0.05) is 18.7 Å². The molecular weight excluding hydrogens is 380 g/mol. The van der Waals surface area contributed by atoms with Crippen molar-refractivity contribution in [1.29, 1.82) is 0 Å². The number of carbonyl (C=O) groups excluding carboxylic acids is 2. The van der Waals surface area contributed by atoms with Gasteiger partial charge in [-0.25, -0.2) is 4.79 Å². The van der Waals surface area contributed by atoms with Crippen molar-refractivity contribution in [2.45, 2.75) is 25.0 Å². The lowest BCUT2D eigenvalue weighted by atomic mass is 10.2. The Morgan fingerprint density at radius 3 is 2.64 bits per heavy atom. The number of anilines is 1. The summed E-state index contributed by atoms with van der Waals surface area (Å²) in [6.07, 6.45) is 2.49. The number of nitrogens with zero attached hydrogens (tertiary/aromatic N) is 3. The van der Waals surface area contributed by atoms with Gasteiger partial charge in [-0.15, -0.1) is 10.2 Å². The van der Waals surface area contributed by atoms with E-state index < -0.39 is 5.97 Å². The molecule has 1 amide bonds. The number of aromatic nitrogens is 3. The van der Waals surface area contributed by atoms with Crippen LogP contribution in [0.25, 0.3) is 11.6 Å². The fourth-order valence-corrected chi connectivity index (χ4v) is 3.31. The first-order valence-electron chi connectivity index (χ1n) is 8.70. The summed E-state index contributed by atoms with van der Waals surface area (Å²) in [5, 5.41) is 11.8. The van der Waals surface area contributed by atoms with Crippen LogP contribution in [0.1, 0.15) is 23.7 Å². The lowest BCUT2D eigenvalue weighted by Crippen LogP contribution is -2.15. The molecule has 3 aromatic rings. The number of hydrogen-bond donors (Lipinski definition) is 1. The third kappa shape index (κ3) is 4.61. The molecule has 2 heterocycles. The summed E-state index contributed by atoms with van der Waals surface area (Å²) in [5.41, 5.74) is 1.03. The molecule has 9 heteroatoms. The van der Waals surface area contributed by atoms with Gasteiger partial charge in [-0.05, 0) is 42.8 Å². The molecular formula is C19H20N4O4S. The van der Waals surface area contributed by atoms with Crippen molar-refractivity contribution in [3.05, 3.63) is 48.2 Å². The zero-order chi connectivity index (χ0) is 19.9. The average Bonchev–Trinajstić information content (AvgIpc) is 3.36. The monoisotopic (exact) mass is 400 g/mol. The van der Waals surface area contributed by atoms with E-state index in [0.29, 0.717) is 28.0 Å². The first-order valence-corrected chi connectivity index (χ1v) is 9.69. The van der Waals surface area contributed by atoms with Crippen LogP contribution in [0.4, 0.5) is 5.69 Å². The molecule has 0 atom stereocenters. The number of carbonyl (C=O) groups is 2. The summed E-state index contributed by atoms with van der Waals surface area (Å²) < 4.78 is 12.0. The van der Waals surface area contributed by atoms with E-state index in [9.17, 15) is 9.59 Å². The van der Waals surface area contributed by atoms with E-state index in [2.05, 4.69) is 27.2 Å². The number of nitrogens with one attached hydrogen (secondary N) is 1. The maximum atomic E-state index is 12.3. The molecule has 0 fully saturated rings. The number of hydrogen-bond acceptors (Lipinski definition) is 7. The van der Waals surface area contributed by atoms with Gasteiger partial charge in [0, 0.05) is 12.2 Å². The molecule has 0 bridgehead atoms. The summed E-state index contributed by atoms with van der Waals surface area (Å²) in [6, 6.07) is 10.1. The van der Waals surface area contributed by atoms with Gasteiger partial charge in [-0.3, -0.25) is 9.36 Å². The Balaban J connectivity index is 1.62. The van der Waals surface area contributed by atoms with Gasteiger partial charge in [0.05, 0.1) is 24.7 Å². The van der Waals surface area contributed by atoms with Crippen molar-refractivity contribution in [2.24, 2.45) is 0 Å².